The van der Waals surface area contributed by atoms with Gasteiger partial charge in [-0.2, -0.15) is 5.10 Å². The Morgan fingerprint density at radius 3 is 2.34 bits per heavy atom. The third kappa shape index (κ3) is 9.73. The van der Waals surface area contributed by atoms with Crippen molar-refractivity contribution in [2.45, 2.75) is 64.5 Å². The van der Waals surface area contributed by atoms with E-state index in [2.05, 4.69) is 35.4 Å². The standard InChI is InChI=1S/C38H47N9O6/c1-38(2,3)53-37(51)42-21-24-7-9-27(10-8-24)33(48)47(30-13-11-26(12-14-30)32-43-36(50)45-44-32)34(49)31(39)20-25-5-4-6-28(19-25)29-22-40-35(41-23-29)46-15-17-52-18-16-46/h4-6,11-14,19,22-24,27,31H,7-10,15-18,20-21,39H2,1-3H3,(H,42,51)(H2,43,44,45,50)/t24?,27?,31-/m0/s1. The molecule has 53 heavy (non-hydrogen) atoms. The van der Waals surface area contributed by atoms with E-state index in [9.17, 15) is 19.2 Å². The van der Waals surface area contributed by atoms with Gasteiger partial charge < -0.3 is 25.4 Å². The first-order valence-corrected chi connectivity index (χ1v) is 18.0. The second-order valence-corrected chi connectivity index (χ2v) is 14.6. The molecule has 2 aromatic heterocycles. The molecular weight excluding hydrogens is 678 g/mol. The van der Waals surface area contributed by atoms with Gasteiger partial charge in [-0.15, -0.1) is 0 Å². The summed E-state index contributed by atoms with van der Waals surface area (Å²) in [5.41, 5.74) is 9.09. The average Bonchev–Trinajstić information content (AvgIpc) is 3.60. The number of H-pyrrole nitrogens is 2. The number of aromatic nitrogens is 5. The molecule has 2 aliphatic rings. The summed E-state index contributed by atoms with van der Waals surface area (Å²) in [6.45, 7) is 8.65. The number of carbonyl (C=O) groups is 3. The topological polar surface area (TPSA) is 202 Å². The number of imide groups is 1. The highest BCUT2D eigenvalue weighted by atomic mass is 16.6. The Balaban J connectivity index is 1.16. The van der Waals surface area contributed by atoms with Crippen molar-refractivity contribution in [1.29, 1.82) is 0 Å². The third-order valence-electron chi connectivity index (χ3n) is 9.44. The van der Waals surface area contributed by atoms with Crippen LogP contribution in [0.1, 0.15) is 52.0 Å². The molecule has 2 aromatic carbocycles. The molecule has 1 saturated carbocycles. The summed E-state index contributed by atoms with van der Waals surface area (Å²) in [4.78, 5) is 67.3. The predicted octanol–water partition coefficient (Wildman–Crippen LogP) is 3.82. The largest absolute Gasteiger partial charge is 0.444 e. The van der Waals surface area contributed by atoms with Crippen LogP contribution in [-0.2, 0) is 25.5 Å². The van der Waals surface area contributed by atoms with Crippen LogP contribution in [0.2, 0.25) is 0 Å². The summed E-state index contributed by atoms with van der Waals surface area (Å²) in [6, 6.07) is 13.4. The van der Waals surface area contributed by atoms with Crippen molar-refractivity contribution < 1.29 is 23.9 Å². The van der Waals surface area contributed by atoms with Crippen LogP contribution in [0.25, 0.3) is 22.5 Å². The van der Waals surface area contributed by atoms with Gasteiger partial charge in [0.25, 0.3) is 5.91 Å². The number of carbonyl (C=O) groups excluding carboxylic acids is 3. The molecule has 3 amide bonds. The van der Waals surface area contributed by atoms with Crippen molar-refractivity contribution in [3.8, 4) is 22.5 Å². The van der Waals surface area contributed by atoms with Crippen LogP contribution in [0.5, 0.6) is 0 Å². The molecule has 0 radical (unpaired) electrons. The van der Waals surface area contributed by atoms with E-state index < -0.39 is 35.3 Å². The van der Waals surface area contributed by atoms with Crippen molar-refractivity contribution in [3.05, 3.63) is 77.0 Å². The maximum Gasteiger partial charge on any atom is 0.407 e. The van der Waals surface area contributed by atoms with Crippen LogP contribution in [0, 0.1) is 11.8 Å². The van der Waals surface area contributed by atoms with Gasteiger partial charge in [-0.05, 0) is 94.2 Å². The number of rotatable bonds is 10. The predicted molar refractivity (Wildman–Crippen MR) is 199 cm³/mol. The lowest BCUT2D eigenvalue weighted by atomic mass is 9.81. The maximum atomic E-state index is 14.2. The van der Waals surface area contributed by atoms with Gasteiger partial charge in [0.2, 0.25) is 11.9 Å². The number of alkyl carbamates (subject to hydrolysis) is 1. The fraction of sp³-hybridized carbons (Fsp3) is 0.447. The third-order valence-corrected chi connectivity index (χ3v) is 9.44. The molecule has 1 atom stereocenters. The quantitative estimate of drug-likeness (QED) is 0.185. The van der Waals surface area contributed by atoms with E-state index in [1.165, 1.54) is 4.90 Å². The van der Waals surface area contributed by atoms with E-state index in [1.54, 1.807) is 36.7 Å². The van der Waals surface area contributed by atoms with Crippen LogP contribution in [0.3, 0.4) is 0 Å². The Labute approximate surface area is 307 Å². The molecule has 3 heterocycles. The zero-order valence-electron chi connectivity index (χ0n) is 30.3. The molecule has 0 spiro atoms. The second kappa shape index (κ2) is 16.5. The first kappa shape index (κ1) is 37.4. The Morgan fingerprint density at radius 1 is 1.00 bits per heavy atom. The number of nitrogens with two attached hydrogens (primary N) is 1. The van der Waals surface area contributed by atoms with E-state index in [4.69, 9.17) is 15.2 Å². The number of ether oxygens (including phenoxy) is 2. The maximum absolute atomic E-state index is 14.2. The number of aromatic amines is 2. The Bertz CT molecular complexity index is 1920. The number of hydrogen-bond acceptors (Lipinski definition) is 11. The van der Waals surface area contributed by atoms with Gasteiger partial charge in [0.05, 0.1) is 24.9 Å². The van der Waals surface area contributed by atoms with Gasteiger partial charge in [-0.3, -0.25) is 14.6 Å². The minimum Gasteiger partial charge on any atom is -0.444 e. The molecule has 0 bridgehead atoms. The van der Waals surface area contributed by atoms with Crippen LogP contribution in [0.4, 0.5) is 16.4 Å². The smallest absolute Gasteiger partial charge is 0.407 e. The second-order valence-electron chi connectivity index (χ2n) is 14.6. The molecule has 0 unspecified atom stereocenters. The average molecular weight is 726 g/mol. The van der Waals surface area contributed by atoms with Crippen molar-refractivity contribution in [2.24, 2.45) is 17.6 Å². The highest BCUT2D eigenvalue weighted by Gasteiger charge is 2.35. The number of benzene rings is 2. The van der Waals surface area contributed by atoms with Crippen LogP contribution in [0.15, 0.2) is 65.7 Å². The summed E-state index contributed by atoms with van der Waals surface area (Å²) in [7, 11) is 0. The van der Waals surface area contributed by atoms with Crippen LogP contribution < -0.4 is 26.5 Å². The highest BCUT2D eigenvalue weighted by Crippen LogP contribution is 2.32. The zero-order chi connectivity index (χ0) is 37.5. The monoisotopic (exact) mass is 725 g/mol. The number of amides is 3. The number of nitrogens with zero attached hydrogens (tertiary/aromatic N) is 5. The summed E-state index contributed by atoms with van der Waals surface area (Å²) >= 11 is 0. The molecular formula is C38H47N9O6. The van der Waals surface area contributed by atoms with Gasteiger partial charge in [-0.25, -0.2) is 29.6 Å². The summed E-state index contributed by atoms with van der Waals surface area (Å²) in [5.74, 6) is -0.0787. The molecule has 15 nitrogen and oxygen atoms in total. The first-order valence-electron chi connectivity index (χ1n) is 18.0. The molecule has 6 rings (SSSR count). The fourth-order valence-electron chi connectivity index (χ4n) is 6.66. The minimum atomic E-state index is -1.02. The molecule has 4 aromatic rings. The highest BCUT2D eigenvalue weighted by molar-refractivity contribution is 6.17. The molecule has 2 fully saturated rings. The zero-order valence-corrected chi connectivity index (χ0v) is 30.3. The molecule has 1 saturated heterocycles. The van der Waals surface area contributed by atoms with Gasteiger partial charge in [0.1, 0.15) is 5.60 Å². The van der Waals surface area contributed by atoms with E-state index in [0.717, 1.165) is 29.8 Å². The lowest BCUT2D eigenvalue weighted by molar-refractivity contribution is -0.130. The lowest BCUT2D eigenvalue weighted by Crippen LogP contribution is -2.50. The van der Waals surface area contributed by atoms with Gasteiger partial charge in [-0.1, -0.05) is 24.3 Å². The van der Waals surface area contributed by atoms with Crippen molar-refractivity contribution in [3.63, 3.8) is 0 Å². The molecule has 280 valence electrons. The van der Waals surface area contributed by atoms with Gasteiger partial charge >= 0.3 is 11.8 Å². The molecule has 1 aliphatic carbocycles. The Kier molecular flexibility index (Phi) is 11.6. The number of morpholine rings is 1. The Morgan fingerprint density at radius 2 is 1.70 bits per heavy atom. The van der Waals surface area contributed by atoms with E-state index >= 15 is 0 Å². The van der Waals surface area contributed by atoms with Crippen molar-refractivity contribution >= 4 is 29.5 Å². The van der Waals surface area contributed by atoms with E-state index in [0.29, 0.717) is 68.5 Å². The fourth-order valence-corrected chi connectivity index (χ4v) is 6.66. The molecule has 5 N–H and O–H groups in total. The number of nitrogens with one attached hydrogen (secondary N) is 3. The van der Waals surface area contributed by atoms with Gasteiger partial charge in [0, 0.05) is 49.1 Å². The number of anilines is 2. The normalized spacial score (nSPS) is 18.2. The molecule has 15 heteroatoms. The Hall–Kier alpha value is -5.41. The lowest BCUT2D eigenvalue weighted by Gasteiger charge is -2.32. The van der Waals surface area contributed by atoms with E-state index in [-0.39, 0.29) is 18.2 Å². The van der Waals surface area contributed by atoms with Crippen LogP contribution >= 0.6 is 0 Å². The van der Waals surface area contributed by atoms with Crippen molar-refractivity contribution in [2.75, 3.05) is 42.6 Å². The van der Waals surface area contributed by atoms with Crippen molar-refractivity contribution in [1.82, 2.24) is 30.5 Å². The number of hydrogen-bond donors (Lipinski definition) is 4. The van der Waals surface area contributed by atoms with Gasteiger partial charge in [0.15, 0.2) is 5.82 Å². The summed E-state index contributed by atoms with van der Waals surface area (Å²) in [6.07, 6.45) is 5.81. The summed E-state index contributed by atoms with van der Waals surface area (Å²) < 4.78 is 10.8. The van der Waals surface area contributed by atoms with E-state index in [1.807, 2.05) is 45.0 Å². The SMILES string of the molecule is CC(C)(C)OC(=O)NCC1CCC(C(=O)N(C(=O)[C@@H](N)Cc2cccc(-c3cnc(N4CCOCC4)nc3)c2)c2ccc(-c3n[nH]c(=O)[nH]3)cc2)CC1. The first-order chi connectivity index (χ1) is 25.4. The summed E-state index contributed by atoms with van der Waals surface area (Å²) in [5, 5.41) is 9.16. The minimum absolute atomic E-state index is 0.182. The van der Waals surface area contributed by atoms with Crippen LogP contribution in [-0.4, -0.2) is 87.5 Å². The molecule has 1 aliphatic heterocycles.